The van der Waals surface area contributed by atoms with E-state index in [9.17, 15) is 9.59 Å². The Hall–Kier alpha value is -1.50. The lowest BCUT2D eigenvalue weighted by Crippen LogP contribution is -2.58. The van der Waals surface area contributed by atoms with E-state index in [1.165, 1.54) is 0 Å². The number of likely N-dealkylation sites (tertiary alicyclic amines) is 1. The number of nitrogens with one attached hydrogen (secondary N) is 1. The fraction of sp³-hybridized carbons (Fsp3) is 0.875. The predicted octanol–water partition coefficient (Wildman–Crippen LogP) is 1.69. The number of nitrogens with zero attached hydrogens (tertiary/aromatic N) is 3. The largest absolute Gasteiger partial charge is 0.444 e. The summed E-state index contributed by atoms with van der Waals surface area (Å²) in [4.78, 5) is 30.5. The molecule has 2 rings (SSSR count). The van der Waals surface area contributed by atoms with Crippen molar-refractivity contribution in [3.8, 4) is 0 Å². The van der Waals surface area contributed by atoms with Crippen LogP contribution in [0.1, 0.15) is 40.0 Å². The topological polar surface area (TPSA) is 65.1 Å². The molecule has 0 saturated carbocycles. The molecule has 1 atom stereocenters. The van der Waals surface area contributed by atoms with E-state index < -0.39 is 5.60 Å². The minimum atomic E-state index is -0.527. The quantitative estimate of drug-likeness (QED) is 0.796. The maximum atomic E-state index is 12.4. The van der Waals surface area contributed by atoms with Crippen LogP contribution >= 0.6 is 0 Å². The summed E-state index contributed by atoms with van der Waals surface area (Å²) in [5.74, 6) is 0. The lowest BCUT2D eigenvalue weighted by Gasteiger charge is -2.39. The Balaban J connectivity index is 1.93. The van der Waals surface area contributed by atoms with Crippen molar-refractivity contribution in [2.24, 2.45) is 0 Å². The number of piperazine rings is 1. The first-order valence-electron chi connectivity index (χ1n) is 8.50. The normalized spacial score (nSPS) is 23.6. The zero-order valence-corrected chi connectivity index (χ0v) is 14.8. The van der Waals surface area contributed by atoms with Gasteiger partial charge in [0.15, 0.2) is 0 Å². The summed E-state index contributed by atoms with van der Waals surface area (Å²) in [5.41, 5.74) is -0.527. The SMILES string of the molecule is CN1CCN(C(=O)NC2CCCCN2C(=O)OC(C)(C)C)CC1. The number of ether oxygens (including phenoxy) is 1. The fourth-order valence-electron chi connectivity index (χ4n) is 2.86. The molecule has 0 aromatic heterocycles. The molecular weight excluding hydrogens is 296 g/mol. The molecule has 0 radical (unpaired) electrons. The number of piperidine rings is 1. The van der Waals surface area contributed by atoms with E-state index in [1.54, 1.807) is 4.90 Å². The second kappa shape index (κ2) is 7.38. The second-order valence-electron chi connectivity index (χ2n) is 7.43. The van der Waals surface area contributed by atoms with Crippen LogP contribution in [-0.2, 0) is 4.74 Å². The monoisotopic (exact) mass is 326 g/mol. The van der Waals surface area contributed by atoms with Gasteiger partial charge in [-0.05, 0) is 47.1 Å². The highest BCUT2D eigenvalue weighted by Gasteiger charge is 2.32. The van der Waals surface area contributed by atoms with Gasteiger partial charge in [0.2, 0.25) is 0 Å². The number of urea groups is 1. The minimum absolute atomic E-state index is 0.0847. The van der Waals surface area contributed by atoms with Crippen LogP contribution in [0.25, 0.3) is 0 Å². The molecular formula is C16H30N4O3. The molecule has 0 aliphatic carbocycles. The number of hydrogen-bond donors (Lipinski definition) is 1. The molecule has 0 aromatic rings. The van der Waals surface area contributed by atoms with Gasteiger partial charge in [-0.1, -0.05) is 0 Å². The first-order chi connectivity index (χ1) is 10.8. The fourth-order valence-corrected chi connectivity index (χ4v) is 2.86. The molecule has 23 heavy (non-hydrogen) atoms. The van der Waals surface area contributed by atoms with E-state index in [-0.39, 0.29) is 18.3 Å². The molecule has 7 nitrogen and oxygen atoms in total. The zero-order valence-electron chi connectivity index (χ0n) is 14.8. The molecule has 0 spiro atoms. The average molecular weight is 326 g/mol. The van der Waals surface area contributed by atoms with Gasteiger partial charge in [-0.25, -0.2) is 9.59 Å². The van der Waals surface area contributed by atoms with E-state index in [4.69, 9.17) is 4.74 Å². The molecule has 1 N–H and O–H groups in total. The summed E-state index contributed by atoms with van der Waals surface area (Å²) in [5, 5.41) is 3.01. The van der Waals surface area contributed by atoms with Crippen molar-refractivity contribution in [1.29, 1.82) is 0 Å². The van der Waals surface area contributed by atoms with Gasteiger partial charge < -0.3 is 19.9 Å². The molecule has 0 bridgehead atoms. The van der Waals surface area contributed by atoms with Crippen molar-refractivity contribution in [3.05, 3.63) is 0 Å². The van der Waals surface area contributed by atoms with E-state index in [0.717, 1.165) is 45.4 Å². The lowest BCUT2D eigenvalue weighted by molar-refractivity contribution is 0.00626. The molecule has 2 aliphatic rings. The zero-order chi connectivity index (χ0) is 17.0. The molecule has 1 unspecified atom stereocenters. The summed E-state index contributed by atoms with van der Waals surface area (Å²) in [7, 11) is 2.06. The van der Waals surface area contributed by atoms with Gasteiger partial charge >= 0.3 is 12.1 Å². The third kappa shape index (κ3) is 5.27. The third-order valence-corrected chi connectivity index (χ3v) is 4.21. The van der Waals surface area contributed by atoms with Crippen molar-refractivity contribution < 1.29 is 14.3 Å². The maximum absolute atomic E-state index is 12.4. The molecule has 7 heteroatoms. The van der Waals surface area contributed by atoms with E-state index in [1.807, 2.05) is 25.7 Å². The molecule has 2 heterocycles. The van der Waals surface area contributed by atoms with Crippen LogP contribution in [0.5, 0.6) is 0 Å². The summed E-state index contributed by atoms with van der Waals surface area (Å²) in [6.45, 7) is 9.40. The number of carbonyl (C=O) groups excluding carboxylic acids is 2. The summed E-state index contributed by atoms with van der Waals surface area (Å²) in [6.07, 6.45) is 2.11. The van der Waals surface area contributed by atoms with Crippen molar-refractivity contribution in [2.45, 2.75) is 51.8 Å². The van der Waals surface area contributed by atoms with Gasteiger partial charge in [0, 0.05) is 32.7 Å². The smallest absolute Gasteiger partial charge is 0.411 e. The lowest BCUT2D eigenvalue weighted by atomic mass is 10.1. The highest BCUT2D eigenvalue weighted by molar-refractivity contribution is 5.76. The van der Waals surface area contributed by atoms with Crippen LogP contribution in [0.2, 0.25) is 0 Å². The number of rotatable bonds is 1. The van der Waals surface area contributed by atoms with Gasteiger partial charge in [0.1, 0.15) is 11.8 Å². The number of amides is 3. The Bertz CT molecular complexity index is 428. The predicted molar refractivity (Wildman–Crippen MR) is 88.2 cm³/mol. The highest BCUT2D eigenvalue weighted by Crippen LogP contribution is 2.19. The van der Waals surface area contributed by atoms with Crippen molar-refractivity contribution in [1.82, 2.24) is 20.0 Å². The van der Waals surface area contributed by atoms with Gasteiger partial charge in [-0.3, -0.25) is 4.90 Å². The van der Waals surface area contributed by atoms with Gasteiger partial charge in [0.25, 0.3) is 0 Å². The van der Waals surface area contributed by atoms with Crippen molar-refractivity contribution in [3.63, 3.8) is 0 Å². The van der Waals surface area contributed by atoms with Crippen LogP contribution in [-0.4, -0.2) is 78.4 Å². The Kier molecular flexibility index (Phi) is 5.73. The van der Waals surface area contributed by atoms with E-state index in [2.05, 4.69) is 17.3 Å². The van der Waals surface area contributed by atoms with Gasteiger partial charge in [-0.2, -0.15) is 0 Å². The Morgan fingerprint density at radius 3 is 2.30 bits per heavy atom. The minimum Gasteiger partial charge on any atom is -0.444 e. The van der Waals surface area contributed by atoms with Crippen LogP contribution in [0.4, 0.5) is 9.59 Å². The maximum Gasteiger partial charge on any atom is 0.411 e. The standard InChI is InChI=1S/C16H30N4O3/c1-16(2,3)23-15(22)20-8-6-5-7-13(20)17-14(21)19-11-9-18(4)10-12-19/h13H,5-12H2,1-4H3,(H,17,21). The van der Waals surface area contributed by atoms with Crippen LogP contribution in [0.3, 0.4) is 0 Å². The number of carbonyl (C=O) groups is 2. The third-order valence-electron chi connectivity index (χ3n) is 4.21. The van der Waals surface area contributed by atoms with Gasteiger partial charge in [-0.15, -0.1) is 0 Å². The van der Waals surface area contributed by atoms with Gasteiger partial charge in [0.05, 0.1) is 0 Å². The molecule has 2 aliphatic heterocycles. The van der Waals surface area contributed by atoms with Crippen molar-refractivity contribution >= 4 is 12.1 Å². The highest BCUT2D eigenvalue weighted by atomic mass is 16.6. The van der Waals surface area contributed by atoms with E-state index in [0.29, 0.717) is 6.54 Å². The molecule has 0 aromatic carbocycles. The molecule has 3 amide bonds. The molecule has 2 fully saturated rings. The first kappa shape index (κ1) is 17.8. The summed E-state index contributed by atoms with van der Waals surface area (Å²) < 4.78 is 5.46. The second-order valence-corrected chi connectivity index (χ2v) is 7.43. The Labute approximate surface area is 138 Å². The van der Waals surface area contributed by atoms with Crippen LogP contribution in [0, 0.1) is 0 Å². The Morgan fingerprint density at radius 1 is 1.04 bits per heavy atom. The number of hydrogen-bond acceptors (Lipinski definition) is 4. The van der Waals surface area contributed by atoms with Crippen molar-refractivity contribution in [2.75, 3.05) is 39.8 Å². The average Bonchev–Trinajstić information content (AvgIpc) is 2.46. The van der Waals surface area contributed by atoms with E-state index >= 15 is 0 Å². The number of likely N-dealkylation sites (N-methyl/N-ethyl adjacent to an activating group) is 1. The van der Waals surface area contributed by atoms with Crippen LogP contribution < -0.4 is 5.32 Å². The summed E-state index contributed by atoms with van der Waals surface area (Å²) >= 11 is 0. The first-order valence-corrected chi connectivity index (χ1v) is 8.50. The van der Waals surface area contributed by atoms with Crippen LogP contribution in [0.15, 0.2) is 0 Å². The molecule has 2 saturated heterocycles. The molecule has 132 valence electrons. The Morgan fingerprint density at radius 2 is 1.70 bits per heavy atom. The summed E-state index contributed by atoms with van der Waals surface area (Å²) in [6, 6.07) is -0.0847.